The first-order valence-electron chi connectivity index (χ1n) is 9.98. The third-order valence-corrected chi connectivity index (χ3v) is 4.99. The number of amides is 1. The van der Waals surface area contributed by atoms with Crippen LogP contribution in [0.15, 0.2) is 53.5 Å². The van der Waals surface area contributed by atoms with Crippen LogP contribution in [0, 0.1) is 0 Å². The molecule has 0 aromatic heterocycles. The summed E-state index contributed by atoms with van der Waals surface area (Å²) in [6.45, 7) is 6.36. The first kappa shape index (κ1) is 20.5. The van der Waals surface area contributed by atoms with Crippen LogP contribution in [0.3, 0.4) is 0 Å². The predicted octanol–water partition coefficient (Wildman–Crippen LogP) is 2.04. The van der Waals surface area contributed by atoms with Gasteiger partial charge in [0.15, 0.2) is 5.96 Å². The van der Waals surface area contributed by atoms with E-state index in [0.29, 0.717) is 24.4 Å². The molecule has 3 rings (SSSR count). The molecular formula is C22H29N5O2. The van der Waals surface area contributed by atoms with Crippen molar-refractivity contribution in [2.75, 3.05) is 44.7 Å². The Labute approximate surface area is 172 Å². The Hall–Kier alpha value is -3.22. The van der Waals surface area contributed by atoms with Crippen LogP contribution in [0.1, 0.15) is 22.8 Å². The fourth-order valence-electron chi connectivity index (χ4n) is 3.49. The zero-order chi connectivity index (χ0) is 20.6. The lowest BCUT2D eigenvalue weighted by Gasteiger charge is -2.37. The van der Waals surface area contributed by atoms with Crippen LogP contribution in [0.4, 0.5) is 5.69 Å². The van der Waals surface area contributed by atoms with Crippen LogP contribution >= 0.6 is 0 Å². The van der Waals surface area contributed by atoms with Crippen LogP contribution in [-0.2, 0) is 6.54 Å². The Morgan fingerprint density at radius 1 is 1.07 bits per heavy atom. The number of para-hydroxylation sites is 2. The van der Waals surface area contributed by atoms with Crippen LogP contribution in [0.5, 0.6) is 5.75 Å². The molecule has 1 saturated heterocycles. The molecule has 154 valence electrons. The van der Waals surface area contributed by atoms with Gasteiger partial charge < -0.3 is 25.5 Å². The number of carbonyl (C=O) groups excluding carboxylic acids is 1. The SMILES string of the molecule is CCNC(=O)c1cccc(CNC(=NC)N2CCN(c3ccccc3O)CC2)c1. The second-order valence-corrected chi connectivity index (χ2v) is 6.92. The molecule has 7 heteroatoms. The first-order valence-corrected chi connectivity index (χ1v) is 9.98. The maximum absolute atomic E-state index is 12.0. The number of piperazine rings is 1. The predicted molar refractivity (Wildman–Crippen MR) is 117 cm³/mol. The summed E-state index contributed by atoms with van der Waals surface area (Å²) in [5, 5.41) is 16.3. The minimum atomic E-state index is -0.0565. The summed E-state index contributed by atoms with van der Waals surface area (Å²) in [6, 6.07) is 15.1. The molecule has 1 fully saturated rings. The molecule has 0 atom stereocenters. The summed E-state index contributed by atoms with van der Waals surface area (Å²) < 4.78 is 0. The molecule has 0 unspecified atom stereocenters. The zero-order valence-corrected chi connectivity index (χ0v) is 17.1. The Morgan fingerprint density at radius 3 is 2.52 bits per heavy atom. The highest BCUT2D eigenvalue weighted by Gasteiger charge is 2.21. The van der Waals surface area contributed by atoms with Crippen molar-refractivity contribution in [3.05, 3.63) is 59.7 Å². The summed E-state index contributed by atoms with van der Waals surface area (Å²) in [4.78, 5) is 20.8. The molecule has 1 aliphatic heterocycles. The van der Waals surface area contributed by atoms with Crippen molar-refractivity contribution in [2.24, 2.45) is 4.99 Å². The van der Waals surface area contributed by atoms with E-state index in [0.717, 1.165) is 43.4 Å². The average Bonchev–Trinajstić information content (AvgIpc) is 2.75. The fourth-order valence-corrected chi connectivity index (χ4v) is 3.49. The molecule has 2 aromatic carbocycles. The second kappa shape index (κ2) is 9.82. The molecule has 29 heavy (non-hydrogen) atoms. The van der Waals surface area contributed by atoms with Gasteiger partial charge in [-0.1, -0.05) is 24.3 Å². The number of rotatable bonds is 5. The van der Waals surface area contributed by atoms with E-state index in [9.17, 15) is 9.90 Å². The highest BCUT2D eigenvalue weighted by atomic mass is 16.3. The van der Waals surface area contributed by atoms with E-state index in [-0.39, 0.29) is 5.91 Å². The monoisotopic (exact) mass is 395 g/mol. The number of nitrogens with zero attached hydrogens (tertiary/aromatic N) is 3. The standard InChI is InChI=1S/C22H29N5O2/c1-3-24-21(29)18-8-6-7-17(15-18)16-25-22(23-2)27-13-11-26(12-14-27)19-9-4-5-10-20(19)28/h4-10,15,28H,3,11-14,16H2,1-2H3,(H,23,25)(H,24,29). The van der Waals surface area contributed by atoms with Crippen molar-refractivity contribution < 1.29 is 9.90 Å². The molecule has 0 aliphatic carbocycles. The Balaban J connectivity index is 1.56. The number of nitrogens with one attached hydrogen (secondary N) is 2. The Kier molecular flexibility index (Phi) is 6.94. The van der Waals surface area contributed by atoms with Gasteiger partial charge in [0.25, 0.3) is 5.91 Å². The lowest BCUT2D eigenvalue weighted by molar-refractivity contribution is 0.0955. The van der Waals surface area contributed by atoms with Crippen molar-refractivity contribution >= 4 is 17.6 Å². The number of phenols is 1. The number of benzene rings is 2. The van der Waals surface area contributed by atoms with E-state index in [1.165, 1.54) is 0 Å². The maximum atomic E-state index is 12.0. The average molecular weight is 396 g/mol. The van der Waals surface area contributed by atoms with E-state index in [1.54, 1.807) is 13.1 Å². The number of anilines is 1. The Morgan fingerprint density at radius 2 is 1.83 bits per heavy atom. The van der Waals surface area contributed by atoms with E-state index in [1.807, 2.05) is 49.4 Å². The van der Waals surface area contributed by atoms with Gasteiger partial charge in [-0.2, -0.15) is 0 Å². The van der Waals surface area contributed by atoms with E-state index in [4.69, 9.17) is 0 Å². The van der Waals surface area contributed by atoms with Gasteiger partial charge in [0.05, 0.1) is 5.69 Å². The van der Waals surface area contributed by atoms with Crippen LogP contribution in [-0.4, -0.2) is 61.6 Å². The quantitative estimate of drug-likeness (QED) is 0.533. The zero-order valence-electron chi connectivity index (χ0n) is 17.1. The number of guanidine groups is 1. The first-order chi connectivity index (χ1) is 14.1. The minimum Gasteiger partial charge on any atom is -0.506 e. The molecule has 1 amide bonds. The lowest BCUT2D eigenvalue weighted by Crippen LogP contribution is -2.52. The number of hydrogen-bond acceptors (Lipinski definition) is 4. The molecule has 2 aromatic rings. The van der Waals surface area contributed by atoms with E-state index < -0.39 is 0 Å². The summed E-state index contributed by atoms with van der Waals surface area (Å²) in [5.41, 5.74) is 2.57. The molecule has 1 aliphatic rings. The van der Waals surface area contributed by atoms with E-state index >= 15 is 0 Å². The molecule has 0 bridgehead atoms. The van der Waals surface area contributed by atoms with Gasteiger partial charge in [-0.15, -0.1) is 0 Å². The number of aliphatic imine (C=N–C) groups is 1. The molecular weight excluding hydrogens is 366 g/mol. The number of hydrogen-bond donors (Lipinski definition) is 3. The number of aromatic hydroxyl groups is 1. The molecule has 0 radical (unpaired) electrons. The third-order valence-electron chi connectivity index (χ3n) is 4.99. The molecule has 7 nitrogen and oxygen atoms in total. The molecule has 3 N–H and O–H groups in total. The highest BCUT2D eigenvalue weighted by Crippen LogP contribution is 2.27. The summed E-state index contributed by atoms with van der Waals surface area (Å²) >= 11 is 0. The van der Waals surface area contributed by atoms with Crippen LogP contribution in [0.25, 0.3) is 0 Å². The van der Waals surface area contributed by atoms with Crippen molar-refractivity contribution in [3.8, 4) is 5.75 Å². The largest absolute Gasteiger partial charge is 0.506 e. The van der Waals surface area contributed by atoms with Gasteiger partial charge >= 0.3 is 0 Å². The fraction of sp³-hybridized carbons (Fsp3) is 0.364. The van der Waals surface area contributed by atoms with Gasteiger partial charge in [0.2, 0.25) is 0 Å². The van der Waals surface area contributed by atoms with Gasteiger partial charge in [0, 0.05) is 51.9 Å². The van der Waals surface area contributed by atoms with Crippen LogP contribution < -0.4 is 15.5 Å². The minimum absolute atomic E-state index is 0.0565. The second-order valence-electron chi connectivity index (χ2n) is 6.92. The normalized spacial score (nSPS) is 14.6. The summed E-state index contributed by atoms with van der Waals surface area (Å²) in [7, 11) is 1.78. The number of phenolic OH excluding ortho intramolecular Hbond substituents is 1. The summed E-state index contributed by atoms with van der Waals surface area (Å²) in [6.07, 6.45) is 0. The van der Waals surface area contributed by atoms with Crippen molar-refractivity contribution in [3.63, 3.8) is 0 Å². The van der Waals surface area contributed by atoms with Gasteiger partial charge in [0.1, 0.15) is 5.75 Å². The summed E-state index contributed by atoms with van der Waals surface area (Å²) in [5.74, 6) is 1.10. The Bertz CT molecular complexity index is 860. The van der Waals surface area contributed by atoms with Crippen LogP contribution in [0.2, 0.25) is 0 Å². The smallest absolute Gasteiger partial charge is 0.251 e. The third kappa shape index (κ3) is 5.19. The van der Waals surface area contributed by atoms with Gasteiger partial charge in [-0.05, 0) is 36.8 Å². The van der Waals surface area contributed by atoms with Gasteiger partial charge in [-0.3, -0.25) is 9.79 Å². The molecule has 0 saturated carbocycles. The lowest BCUT2D eigenvalue weighted by atomic mass is 10.1. The van der Waals surface area contributed by atoms with Gasteiger partial charge in [-0.25, -0.2) is 0 Å². The van der Waals surface area contributed by atoms with E-state index in [2.05, 4.69) is 25.4 Å². The molecule has 1 heterocycles. The maximum Gasteiger partial charge on any atom is 0.251 e. The van der Waals surface area contributed by atoms with Crippen molar-refractivity contribution in [1.82, 2.24) is 15.5 Å². The molecule has 0 spiro atoms. The number of carbonyl (C=O) groups is 1. The van der Waals surface area contributed by atoms with Crippen molar-refractivity contribution in [2.45, 2.75) is 13.5 Å². The van der Waals surface area contributed by atoms with Crippen molar-refractivity contribution in [1.29, 1.82) is 0 Å². The highest BCUT2D eigenvalue weighted by molar-refractivity contribution is 5.94. The topological polar surface area (TPSA) is 80.2 Å².